The zero-order valence-corrected chi connectivity index (χ0v) is 13.4. The standard InChI is InChI=1S/C15H22N4OS/c1-3-19(12-7-5-4-6-8-12)14(20)10-21-15-17-11(2)9-13(16)18-15/h7,9H,3-6,8,10H2,1-2H3,(H2,16,17,18). The smallest absolute Gasteiger partial charge is 0.237 e. The molecule has 6 heteroatoms. The molecule has 21 heavy (non-hydrogen) atoms. The quantitative estimate of drug-likeness (QED) is 0.669. The number of carbonyl (C=O) groups is 1. The Morgan fingerprint density at radius 2 is 2.24 bits per heavy atom. The van der Waals surface area contributed by atoms with Crippen molar-refractivity contribution in [3.8, 4) is 0 Å². The number of allylic oxidation sites excluding steroid dienone is 2. The second kappa shape index (κ2) is 7.45. The summed E-state index contributed by atoms with van der Waals surface area (Å²) in [6.07, 6.45) is 6.65. The third kappa shape index (κ3) is 4.46. The molecule has 1 aromatic rings. The molecule has 0 aliphatic heterocycles. The largest absolute Gasteiger partial charge is 0.384 e. The fraction of sp³-hybridized carbons (Fsp3) is 0.533. The molecule has 2 rings (SSSR count). The van der Waals surface area contributed by atoms with Gasteiger partial charge in [-0.05, 0) is 39.5 Å². The number of rotatable bonds is 5. The van der Waals surface area contributed by atoms with Crippen molar-refractivity contribution in [1.29, 1.82) is 0 Å². The van der Waals surface area contributed by atoms with E-state index in [0.29, 0.717) is 23.3 Å². The normalized spacial score (nSPS) is 14.7. The predicted octanol–water partition coefficient (Wildman–Crippen LogP) is 2.77. The molecule has 1 aliphatic carbocycles. The average Bonchev–Trinajstić information content (AvgIpc) is 2.46. The first-order valence-corrected chi connectivity index (χ1v) is 8.32. The lowest BCUT2D eigenvalue weighted by Crippen LogP contribution is -2.32. The van der Waals surface area contributed by atoms with Gasteiger partial charge in [0.25, 0.3) is 0 Å². The lowest BCUT2D eigenvalue weighted by Gasteiger charge is -2.26. The SMILES string of the molecule is CCN(C(=O)CSc1nc(C)cc(N)n1)C1=CCCCC1. The second-order valence-electron chi connectivity index (χ2n) is 5.08. The Kier molecular flexibility index (Phi) is 5.61. The Morgan fingerprint density at radius 1 is 1.43 bits per heavy atom. The van der Waals surface area contributed by atoms with E-state index >= 15 is 0 Å². The van der Waals surface area contributed by atoms with Crippen LogP contribution in [0.4, 0.5) is 5.82 Å². The van der Waals surface area contributed by atoms with Gasteiger partial charge in [-0.3, -0.25) is 4.79 Å². The number of nitrogens with zero attached hydrogens (tertiary/aromatic N) is 3. The van der Waals surface area contributed by atoms with E-state index in [1.54, 1.807) is 6.07 Å². The maximum Gasteiger partial charge on any atom is 0.237 e. The lowest BCUT2D eigenvalue weighted by atomic mass is 10.0. The molecule has 0 bridgehead atoms. The molecule has 0 saturated heterocycles. The summed E-state index contributed by atoms with van der Waals surface area (Å²) in [7, 11) is 0. The van der Waals surface area contributed by atoms with Crippen molar-refractivity contribution < 1.29 is 4.79 Å². The summed E-state index contributed by atoms with van der Waals surface area (Å²) >= 11 is 1.34. The fourth-order valence-electron chi connectivity index (χ4n) is 2.44. The maximum atomic E-state index is 12.4. The van der Waals surface area contributed by atoms with Crippen LogP contribution in [0.3, 0.4) is 0 Å². The molecule has 0 saturated carbocycles. The van der Waals surface area contributed by atoms with Crippen LogP contribution < -0.4 is 5.73 Å². The van der Waals surface area contributed by atoms with E-state index in [-0.39, 0.29) is 5.91 Å². The van der Waals surface area contributed by atoms with Gasteiger partial charge in [0, 0.05) is 24.0 Å². The van der Waals surface area contributed by atoms with Gasteiger partial charge in [0.05, 0.1) is 5.75 Å². The monoisotopic (exact) mass is 306 g/mol. The molecule has 0 spiro atoms. The Morgan fingerprint density at radius 3 is 2.86 bits per heavy atom. The third-order valence-electron chi connectivity index (χ3n) is 3.41. The number of hydrogen-bond donors (Lipinski definition) is 1. The van der Waals surface area contributed by atoms with Gasteiger partial charge >= 0.3 is 0 Å². The van der Waals surface area contributed by atoms with Crippen LogP contribution in [0, 0.1) is 6.92 Å². The minimum atomic E-state index is 0.110. The molecule has 1 aromatic heterocycles. The second-order valence-corrected chi connectivity index (χ2v) is 6.03. The zero-order chi connectivity index (χ0) is 15.2. The van der Waals surface area contributed by atoms with E-state index in [0.717, 1.165) is 18.5 Å². The molecular weight excluding hydrogens is 284 g/mol. The average molecular weight is 306 g/mol. The van der Waals surface area contributed by atoms with Gasteiger partial charge in [-0.25, -0.2) is 9.97 Å². The first kappa shape index (κ1) is 15.8. The van der Waals surface area contributed by atoms with E-state index in [4.69, 9.17) is 5.73 Å². The number of aryl methyl sites for hydroxylation is 1. The number of amides is 1. The summed E-state index contributed by atoms with van der Waals surface area (Å²) in [6.45, 7) is 4.59. The fourth-order valence-corrected chi connectivity index (χ4v) is 3.23. The summed E-state index contributed by atoms with van der Waals surface area (Å²) in [5.41, 5.74) is 7.68. The first-order chi connectivity index (χ1) is 10.1. The Bertz CT molecular complexity index is 524. The third-order valence-corrected chi connectivity index (χ3v) is 4.24. The van der Waals surface area contributed by atoms with Crippen LogP contribution in [0.25, 0.3) is 0 Å². The number of nitrogens with two attached hydrogens (primary N) is 1. The van der Waals surface area contributed by atoms with Gasteiger partial charge in [-0.15, -0.1) is 0 Å². The van der Waals surface area contributed by atoms with Gasteiger partial charge in [0.15, 0.2) is 5.16 Å². The molecular formula is C15H22N4OS. The van der Waals surface area contributed by atoms with E-state index in [1.165, 1.54) is 30.3 Å². The summed E-state index contributed by atoms with van der Waals surface area (Å²) in [6, 6.07) is 1.72. The highest BCUT2D eigenvalue weighted by molar-refractivity contribution is 7.99. The molecule has 2 N–H and O–H groups in total. The Labute approximate surface area is 130 Å². The molecule has 0 aromatic carbocycles. The molecule has 0 radical (unpaired) electrons. The highest BCUT2D eigenvalue weighted by Gasteiger charge is 2.18. The van der Waals surface area contributed by atoms with Gasteiger partial charge in [0.1, 0.15) is 5.82 Å². The molecule has 1 aliphatic rings. The van der Waals surface area contributed by atoms with Gasteiger partial charge in [0.2, 0.25) is 5.91 Å². The minimum Gasteiger partial charge on any atom is -0.384 e. The van der Waals surface area contributed by atoms with Crippen molar-refractivity contribution in [1.82, 2.24) is 14.9 Å². The molecule has 0 unspecified atom stereocenters. The predicted molar refractivity (Wildman–Crippen MR) is 85.8 cm³/mol. The van der Waals surface area contributed by atoms with Crippen molar-refractivity contribution in [3.63, 3.8) is 0 Å². The van der Waals surface area contributed by atoms with E-state index in [9.17, 15) is 4.79 Å². The topological polar surface area (TPSA) is 72.1 Å². The molecule has 0 atom stereocenters. The molecule has 5 nitrogen and oxygen atoms in total. The number of hydrogen-bond acceptors (Lipinski definition) is 5. The minimum absolute atomic E-state index is 0.110. The zero-order valence-electron chi connectivity index (χ0n) is 12.6. The molecule has 1 amide bonds. The summed E-state index contributed by atoms with van der Waals surface area (Å²) in [4.78, 5) is 22.7. The highest BCUT2D eigenvalue weighted by atomic mass is 32.2. The molecule has 1 heterocycles. The number of anilines is 1. The summed E-state index contributed by atoms with van der Waals surface area (Å²) in [5.74, 6) is 0.896. The van der Waals surface area contributed by atoms with Crippen molar-refractivity contribution >= 4 is 23.5 Å². The van der Waals surface area contributed by atoms with Crippen LogP contribution in [-0.4, -0.2) is 33.1 Å². The van der Waals surface area contributed by atoms with Crippen LogP contribution in [0.5, 0.6) is 0 Å². The van der Waals surface area contributed by atoms with E-state index in [1.807, 2.05) is 18.7 Å². The summed E-state index contributed by atoms with van der Waals surface area (Å²) < 4.78 is 0. The number of thioether (sulfide) groups is 1. The number of nitrogen functional groups attached to an aromatic ring is 1. The maximum absolute atomic E-state index is 12.4. The van der Waals surface area contributed by atoms with Crippen LogP contribution in [-0.2, 0) is 4.79 Å². The first-order valence-electron chi connectivity index (χ1n) is 7.33. The summed E-state index contributed by atoms with van der Waals surface area (Å²) in [5, 5.41) is 0.564. The Hall–Kier alpha value is -1.56. The van der Waals surface area contributed by atoms with Crippen molar-refractivity contribution in [2.45, 2.75) is 44.7 Å². The van der Waals surface area contributed by atoms with Crippen LogP contribution in [0.1, 0.15) is 38.3 Å². The van der Waals surface area contributed by atoms with Crippen LogP contribution >= 0.6 is 11.8 Å². The van der Waals surface area contributed by atoms with Gasteiger partial charge in [-0.1, -0.05) is 17.8 Å². The molecule has 114 valence electrons. The lowest BCUT2D eigenvalue weighted by molar-refractivity contribution is -0.126. The molecule has 0 fully saturated rings. The van der Waals surface area contributed by atoms with Crippen molar-refractivity contribution in [3.05, 3.63) is 23.5 Å². The van der Waals surface area contributed by atoms with Crippen molar-refractivity contribution in [2.24, 2.45) is 0 Å². The van der Waals surface area contributed by atoms with E-state index in [2.05, 4.69) is 16.0 Å². The van der Waals surface area contributed by atoms with Gasteiger partial charge in [-0.2, -0.15) is 0 Å². The van der Waals surface area contributed by atoms with E-state index < -0.39 is 0 Å². The Balaban J connectivity index is 1.97. The van der Waals surface area contributed by atoms with Crippen LogP contribution in [0.15, 0.2) is 23.0 Å². The number of aromatic nitrogens is 2. The highest BCUT2D eigenvalue weighted by Crippen LogP contribution is 2.23. The van der Waals surface area contributed by atoms with Crippen molar-refractivity contribution in [2.75, 3.05) is 18.0 Å². The van der Waals surface area contributed by atoms with Crippen LogP contribution in [0.2, 0.25) is 0 Å². The van der Waals surface area contributed by atoms with Gasteiger partial charge < -0.3 is 10.6 Å². The number of carbonyl (C=O) groups excluding carboxylic acids is 1.